The van der Waals surface area contributed by atoms with Gasteiger partial charge in [0.2, 0.25) is 0 Å². The number of H-pyrrole nitrogens is 1. The number of aromatic amines is 1. The van der Waals surface area contributed by atoms with Gasteiger partial charge < -0.3 is 24.1 Å². The number of methoxy groups -OCH3 is 2. The summed E-state index contributed by atoms with van der Waals surface area (Å²) < 4.78 is 28.9. The van der Waals surface area contributed by atoms with Crippen molar-refractivity contribution in [3.05, 3.63) is 68.9 Å². The number of nitrogens with one attached hydrogen (secondary N) is 2. The first-order valence-electron chi connectivity index (χ1n) is 9.32. The average molecular weight is 508 g/mol. The number of benzene rings is 2. The monoisotopic (exact) mass is 507 g/mol. The number of anilines is 1. The van der Waals surface area contributed by atoms with Crippen LogP contribution >= 0.6 is 15.9 Å². The first-order valence-corrected chi connectivity index (χ1v) is 11.4. The summed E-state index contributed by atoms with van der Waals surface area (Å²) in [5.74, 6) is 1.72. The topological polar surface area (TPSA) is 109 Å². The van der Waals surface area contributed by atoms with Gasteiger partial charge in [-0.05, 0) is 56.9 Å². The molecule has 1 unspecified atom stereocenters. The van der Waals surface area contributed by atoms with E-state index in [2.05, 4.69) is 31.4 Å². The molecule has 0 bridgehead atoms. The molecular weight excluding hydrogens is 486 g/mol. The van der Waals surface area contributed by atoms with E-state index in [1.807, 2.05) is 30.3 Å². The molecule has 0 saturated heterocycles. The summed E-state index contributed by atoms with van der Waals surface area (Å²) in [6, 6.07) is 14.7. The number of halogens is 1. The lowest BCUT2D eigenvalue weighted by Crippen LogP contribution is -2.18. The van der Waals surface area contributed by atoms with E-state index in [1.54, 1.807) is 32.4 Å². The fourth-order valence-corrected chi connectivity index (χ4v) is 4.09. The highest BCUT2D eigenvalue weighted by Gasteiger charge is 2.16. The Kier molecular flexibility index (Phi) is 8.21. The fourth-order valence-electron chi connectivity index (χ4n) is 2.76. The number of rotatable bonds is 10. The molecule has 2 N–H and O–H groups in total. The minimum atomic E-state index is -1.20. The van der Waals surface area contributed by atoms with Gasteiger partial charge in [-0.1, -0.05) is 24.3 Å². The summed E-state index contributed by atoms with van der Waals surface area (Å²) in [4.78, 5) is 12.7. The zero-order chi connectivity index (χ0) is 22.2. The summed E-state index contributed by atoms with van der Waals surface area (Å²) in [5, 5.41) is 9.54. The highest BCUT2D eigenvalue weighted by molar-refractivity contribution is 9.10. The molecule has 0 aliphatic heterocycles. The molecule has 0 spiro atoms. The molecule has 0 radical (unpaired) electrons. The minimum Gasteiger partial charge on any atom is -0.611 e. The van der Waals surface area contributed by atoms with Gasteiger partial charge in [0.15, 0.2) is 16.4 Å². The molecule has 0 amide bonds. The van der Waals surface area contributed by atoms with Crippen molar-refractivity contribution in [1.82, 2.24) is 10.2 Å². The Bertz CT molecular complexity index is 1060. The molecule has 2 aromatic carbocycles. The molecule has 0 aliphatic carbocycles. The van der Waals surface area contributed by atoms with Crippen molar-refractivity contribution in [2.75, 3.05) is 31.9 Å². The third-order valence-electron chi connectivity index (χ3n) is 4.32. The van der Waals surface area contributed by atoms with E-state index >= 15 is 0 Å². The molecule has 31 heavy (non-hydrogen) atoms. The maximum absolute atomic E-state index is 12.4. The second-order valence-electron chi connectivity index (χ2n) is 6.30. The molecule has 1 atom stereocenters. The molecule has 0 aliphatic rings. The van der Waals surface area contributed by atoms with Crippen molar-refractivity contribution in [3.8, 4) is 17.4 Å². The number of aromatic nitrogens is 2. The molecule has 0 saturated carbocycles. The van der Waals surface area contributed by atoms with Crippen LogP contribution in [0.1, 0.15) is 5.56 Å². The standard InChI is InChI=1S/C21H22BrN3O5S/c1-28-16-9-8-14(12-17(16)29-2)13-23-19-18(22)20(26)24-25-21(19)30-10-11-31(27)15-6-4-3-5-7-15/h3-9,12H,10-11,13H2,1-2H3,(H2,23,24,26). The predicted molar refractivity (Wildman–Crippen MR) is 123 cm³/mol. The fraction of sp³-hybridized carbons (Fsp3) is 0.238. The second-order valence-corrected chi connectivity index (χ2v) is 8.66. The van der Waals surface area contributed by atoms with Crippen LogP contribution in [0.5, 0.6) is 17.4 Å². The number of ether oxygens (including phenoxy) is 3. The van der Waals surface area contributed by atoms with Crippen molar-refractivity contribution in [2.45, 2.75) is 11.4 Å². The second kappa shape index (κ2) is 11.1. The van der Waals surface area contributed by atoms with Gasteiger partial charge in [0.05, 0.1) is 14.2 Å². The van der Waals surface area contributed by atoms with Crippen LogP contribution in [0.15, 0.2) is 62.7 Å². The first kappa shape index (κ1) is 23.0. The van der Waals surface area contributed by atoms with Crippen LogP contribution in [0.3, 0.4) is 0 Å². The summed E-state index contributed by atoms with van der Waals surface area (Å²) in [7, 11) is 3.14. The quantitative estimate of drug-likeness (QED) is 0.405. The van der Waals surface area contributed by atoms with Crippen LogP contribution in [0.2, 0.25) is 0 Å². The highest BCUT2D eigenvalue weighted by Crippen LogP contribution is 2.30. The smallest absolute Gasteiger partial charge is 0.280 e. The Hall–Kier alpha value is -2.69. The van der Waals surface area contributed by atoms with E-state index in [0.29, 0.717) is 23.7 Å². The lowest BCUT2D eigenvalue weighted by molar-refractivity contribution is 0.324. The van der Waals surface area contributed by atoms with Gasteiger partial charge in [0.25, 0.3) is 11.4 Å². The van der Waals surface area contributed by atoms with E-state index in [9.17, 15) is 9.35 Å². The van der Waals surface area contributed by atoms with Crippen molar-refractivity contribution < 1.29 is 18.8 Å². The van der Waals surface area contributed by atoms with E-state index in [-0.39, 0.29) is 22.7 Å². The van der Waals surface area contributed by atoms with Gasteiger partial charge in [-0.15, -0.1) is 5.10 Å². The Morgan fingerprint density at radius 2 is 1.87 bits per heavy atom. The van der Waals surface area contributed by atoms with Crippen molar-refractivity contribution in [1.29, 1.82) is 0 Å². The maximum atomic E-state index is 12.4. The van der Waals surface area contributed by atoms with E-state index in [0.717, 1.165) is 10.5 Å². The molecule has 1 heterocycles. The third-order valence-corrected chi connectivity index (χ3v) is 6.41. The number of hydrogen-bond donors (Lipinski definition) is 2. The summed E-state index contributed by atoms with van der Waals surface area (Å²) in [6.07, 6.45) is 0. The van der Waals surface area contributed by atoms with Gasteiger partial charge in [-0.3, -0.25) is 4.79 Å². The summed E-state index contributed by atoms with van der Waals surface area (Å²) in [6.45, 7) is 0.550. The lowest BCUT2D eigenvalue weighted by Gasteiger charge is -2.15. The van der Waals surface area contributed by atoms with Crippen molar-refractivity contribution in [3.63, 3.8) is 0 Å². The number of hydrogen-bond acceptors (Lipinski definition) is 7. The Morgan fingerprint density at radius 1 is 1.13 bits per heavy atom. The van der Waals surface area contributed by atoms with Crippen LogP contribution in [-0.4, -0.2) is 41.3 Å². The maximum Gasteiger partial charge on any atom is 0.280 e. The third kappa shape index (κ3) is 5.93. The Morgan fingerprint density at radius 3 is 2.58 bits per heavy atom. The lowest BCUT2D eigenvalue weighted by atomic mass is 10.2. The van der Waals surface area contributed by atoms with Gasteiger partial charge in [0.1, 0.15) is 22.5 Å². The summed E-state index contributed by atoms with van der Waals surface area (Å²) >= 11 is 2.09. The van der Waals surface area contributed by atoms with Gasteiger partial charge >= 0.3 is 0 Å². The van der Waals surface area contributed by atoms with Gasteiger partial charge in [-0.2, -0.15) is 0 Å². The molecule has 164 valence electrons. The normalized spacial score (nSPS) is 11.6. The van der Waals surface area contributed by atoms with Crippen LogP contribution in [0.4, 0.5) is 5.69 Å². The Balaban J connectivity index is 1.69. The molecular formula is C21H22BrN3O5S. The minimum absolute atomic E-state index is 0.165. The SMILES string of the molecule is COc1ccc(CNc2c(OCC[S+]([O-])c3ccccc3)n[nH]c(=O)c2Br)cc1OC. The van der Waals surface area contributed by atoms with Crippen LogP contribution in [0, 0.1) is 0 Å². The Labute approximate surface area is 191 Å². The molecule has 8 nitrogen and oxygen atoms in total. The average Bonchev–Trinajstić information content (AvgIpc) is 2.81. The van der Waals surface area contributed by atoms with Gasteiger partial charge in [0, 0.05) is 6.54 Å². The van der Waals surface area contributed by atoms with Crippen molar-refractivity contribution >= 4 is 32.8 Å². The zero-order valence-electron chi connectivity index (χ0n) is 17.0. The van der Waals surface area contributed by atoms with Gasteiger partial charge in [-0.25, -0.2) is 5.10 Å². The number of nitrogens with zero attached hydrogens (tertiary/aromatic N) is 1. The largest absolute Gasteiger partial charge is 0.611 e. The van der Waals surface area contributed by atoms with E-state index in [4.69, 9.17) is 14.2 Å². The van der Waals surface area contributed by atoms with Crippen LogP contribution < -0.4 is 25.1 Å². The first-order chi connectivity index (χ1) is 15.0. The molecule has 10 heteroatoms. The van der Waals surface area contributed by atoms with Crippen LogP contribution in [-0.2, 0) is 17.7 Å². The molecule has 1 aromatic heterocycles. The van der Waals surface area contributed by atoms with Crippen LogP contribution in [0.25, 0.3) is 0 Å². The summed E-state index contributed by atoms with van der Waals surface area (Å²) in [5.41, 5.74) is 0.917. The molecule has 3 aromatic rings. The molecule has 3 rings (SSSR count). The molecule has 0 fully saturated rings. The zero-order valence-corrected chi connectivity index (χ0v) is 19.4. The van der Waals surface area contributed by atoms with E-state index < -0.39 is 16.7 Å². The van der Waals surface area contributed by atoms with Crippen molar-refractivity contribution in [2.24, 2.45) is 0 Å². The van der Waals surface area contributed by atoms with E-state index in [1.165, 1.54) is 0 Å². The predicted octanol–water partition coefficient (Wildman–Crippen LogP) is 3.35. The highest BCUT2D eigenvalue weighted by atomic mass is 79.9.